The highest BCUT2D eigenvalue weighted by atomic mass is 19.1. The van der Waals surface area contributed by atoms with Crippen molar-refractivity contribution in [2.24, 2.45) is 0 Å². The van der Waals surface area contributed by atoms with E-state index < -0.39 is 10.7 Å². The largest absolute Gasteiger partial charge is 0.306 e. The Labute approximate surface area is 120 Å². The molecule has 0 saturated heterocycles. The number of benzene rings is 2. The number of nitrogens with zero attached hydrogens (tertiary/aromatic N) is 1. The van der Waals surface area contributed by atoms with Gasteiger partial charge in [-0.3, -0.25) is 10.1 Å². The normalized spacial score (nSPS) is 12.1. The number of hydrogen-bond donors (Lipinski definition) is 1. The lowest BCUT2D eigenvalue weighted by Gasteiger charge is -2.14. The Balaban J connectivity index is 2.10. The molecule has 0 aliphatic heterocycles. The van der Waals surface area contributed by atoms with E-state index in [-0.39, 0.29) is 29.7 Å². The van der Waals surface area contributed by atoms with Crippen molar-refractivity contribution in [2.45, 2.75) is 19.5 Å². The van der Waals surface area contributed by atoms with Crippen LogP contribution in [0.1, 0.15) is 24.1 Å². The molecule has 2 rings (SSSR count). The standard InChI is InChI=1S/C15H14F2N2O2/c1-10(11-2-4-13(16)5-3-11)18-9-12-8-14(17)6-7-15(12)19(20)21/h2-8,10,18H,9H2,1H3/t10-/m1/s1. The van der Waals surface area contributed by atoms with E-state index in [1.165, 1.54) is 12.1 Å². The van der Waals surface area contributed by atoms with Gasteiger partial charge in [0.25, 0.3) is 5.69 Å². The molecule has 0 spiro atoms. The summed E-state index contributed by atoms with van der Waals surface area (Å²) < 4.78 is 26.1. The lowest BCUT2D eigenvalue weighted by Crippen LogP contribution is -2.19. The molecule has 0 amide bonds. The zero-order valence-corrected chi connectivity index (χ0v) is 11.3. The highest BCUT2D eigenvalue weighted by Gasteiger charge is 2.15. The molecule has 6 heteroatoms. The van der Waals surface area contributed by atoms with E-state index in [0.29, 0.717) is 0 Å². The summed E-state index contributed by atoms with van der Waals surface area (Å²) in [5.41, 5.74) is 0.986. The third kappa shape index (κ3) is 3.82. The fourth-order valence-corrected chi connectivity index (χ4v) is 2.01. The topological polar surface area (TPSA) is 55.2 Å². The third-order valence-electron chi connectivity index (χ3n) is 3.21. The third-order valence-corrected chi connectivity index (χ3v) is 3.21. The predicted octanol–water partition coefficient (Wildman–Crippen LogP) is 3.72. The first-order chi connectivity index (χ1) is 9.97. The van der Waals surface area contributed by atoms with Crippen LogP contribution in [0.5, 0.6) is 0 Å². The second kappa shape index (κ2) is 6.41. The molecule has 0 aromatic heterocycles. The van der Waals surface area contributed by atoms with Crippen LogP contribution >= 0.6 is 0 Å². The summed E-state index contributed by atoms with van der Waals surface area (Å²) in [5.74, 6) is -0.849. The van der Waals surface area contributed by atoms with Crippen molar-refractivity contribution in [3.63, 3.8) is 0 Å². The molecule has 0 fully saturated rings. The van der Waals surface area contributed by atoms with E-state index in [1.54, 1.807) is 12.1 Å². The molecular formula is C15H14F2N2O2. The number of nitro benzene ring substituents is 1. The van der Waals surface area contributed by atoms with Gasteiger partial charge in [0, 0.05) is 24.2 Å². The summed E-state index contributed by atoms with van der Waals surface area (Å²) in [6.07, 6.45) is 0. The molecule has 2 aromatic rings. The number of halogens is 2. The average molecular weight is 292 g/mol. The van der Waals surface area contributed by atoms with Crippen LogP contribution < -0.4 is 5.32 Å². The fourth-order valence-electron chi connectivity index (χ4n) is 2.01. The van der Waals surface area contributed by atoms with Crippen molar-refractivity contribution < 1.29 is 13.7 Å². The van der Waals surface area contributed by atoms with Gasteiger partial charge in [0.15, 0.2) is 0 Å². The second-order valence-corrected chi connectivity index (χ2v) is 4.68. The molecule has 4 nitrogen and oxygen atoms in total. The van der Waals surface area contributed by atoms with Crippen LogP contribution in [0.4, 0.5) is 14.5 Å². The Bertz CT molecular complexity index is 645. The number of rotatable bonds is 5. The first-order valence-corrected chi connectivity index (χ1v) is 6.39. The molecule has 21 heavy (non-hydrogen) atoms. The van der Waals surface area contributed by atoms with Gasteiger partial charge >= 0.3 is 0 Å². The van der Waals surface area contributed by atoms with Crippen molar-refractivity contribution in [3.05, 3.63) is 75.3 Å². The van der Waals surface area contributed by atoms with Crippen LogP contribution in [-0.4, -0.2) is 4.92 Å². The monoisotopic (exact) mass is 292 g/mol. The highest BCUT2D eigenvalue weighted by molar-refractivity contribution is 5.40. The molecule has 0 radical (unpaired) electrons. The van der Waals surface area contributed by atoms with E-state index in [1.807, 2.05) is 6.92 Å². The minimum atomic E-state index is -0.543. The SMILES string of the molecule is C[C@@H](NCc1cc(F)ccc1[N+](=O)[O-])c1ccc(F)cc1. The van der Waals surface area contributed by atoms with Crippen LogP contribution in [0, 0.1) is 21.7 Å². The van der Waals surface area contributed by atoms with Crippen molar-refractivity contribution in [1.82, 2.24) is 5.32 Å². The van der Waals surface area contributed by atoms with E-state index in [9.17, 15) is 18.9 Å². The Hall–Kier alpha value is -2.34. The molecule has 0 heterocycles. The molecule has 0 saturated carbocycles. The van der Waals surface area contributed by atoms with Crippen LogP contribution in [0.25, 0.3) is 0 Å². The van der Waals surface area contributed by atoms with Crippen LogP contribution in [0.2, 0.25) is 0 Å². The van der Waals surface area contributed by atoms with Gasteiger partial charge in [0.1, 0.15) is 11.6 Å². The van der Waals surface area contributed by atoms with Crippen molar-refractivity contribution in [2.75, 3.05) is 0 Å². The minimum absolute atomic E-state index is 0.129. The van der Waals surface area contributed by atoms with Gasteiger partial charge in [-0.2, -0.15) is 0 Å². The smallest absolute Gasteiger partial charge is 0.274 e. The molecule has 0 aliphatic rings. The highest BCUT2D eigenvalue weighted by Crippen LogP contribution is 2.21. The van der Waals surface area contributed by atoms with Crippen molar-refractivity contribution >= 4 is 5.69 Å². The van der Waals surface area contributed by atoms with Gasteiger partial charge in [-0.1, -0.05) is 12.1 Å². The minimum Gasteiger partial charge on any atom is -0.306 e. The average Bonchev–Trinajstić information content (AvgIpc) is 2.45. The Morgan fingerprint density at radius 1 is 1.14 bits per heavy atom. The fraction of sp³-hybridized carbons (Fsp3) is 0.200. The van der Waals surface area contributed by atoms with E-state index in [4.69, 9.17) is 0 Å². The lowest BCUT2D eigenvalue weighted by atomic mass is 10.1. The second-order valence-electron chi connectivity index (χ2n) is 4.68. The summed E-state index contributed by atoms with van der Waals surface area (Å²) in [4.78, 5) is 10.4. The Morgan fingerprint density at radius 2 is 1.76 bits per heavy atom. The predicted molar refractivity (Wildman–Crippen MR) is 74.7 cm³/mol. The first-order valence-electron chi connectivity index (χ1n) is 6.39. The molecular weight excluding hydrogens is 278 g/mol. The molecule has 0 unspecified atom stereocenters. The summed E-state index contributed by atoms with van der Waals surface area (Å²) >= 11 is 0. The van der Waals surface area contributed by atoms with Gasteiger partial charge in [0.2, 0.25) is 0 Å². The quantitative estimate of drug-likeness (QED) is 0.675. The van der Waals surface area contributed by atoms with Crippen molar-refractivity contribution in [3.8, 4) is 0 Å². The Kier molecular flexibility index (Phi) is 4.59. The number of hydrogen-bond acceptors (Lipinski definition) is 3. The maximum atomic E-state index is 13.2. The van der Waals surface area contributed by atoms with Gasteiger partial charge < -0.3 is 5.32 Å². The maximum absolute atomic E-state index is 13.2. The van der Waals surface area contributed by atoms with Gasteiger partial charge in [-0.25, -0.2) is 8.78 Å². The summed E-state index contributed by atoms with van der Waals surface area (Å²) in [6, 6.07) is 9.16. The van der Waals surface area contributed by atoms with Crippen molar-refractivity contribution in [1.29, 1.82) is 0 Å². The zero-order chi connectivity index (χ0) is 15.4. The lowest BCUT2D eigenvalue weighted by molar-refractivity contribution is -0.385. The van der Waals surface area contributed by atoms with Gasteiger partial charge in [-0.05, 0) is 36.8 Å². The van der Waals surface area contributed by atoms with Crippen LogP contribution in [0.3, 0.4) is 0 Å². The van der Waals surface area contributed by atoms with Crippen LogP contribution in [0.15, 0.2) is 42.5 Å². The molecule has 2 aromatic carbocycles. The van der Waals surface area contributed by atoms with Gasteiger partial charge in [0.05, 0.1) is 4.92 Å². The molecule has 0 bridgehead atoms. The van der Waals surface area contributed by atoms with Crippen LogP contribution in [-0.2, 0) is 6.54 Å². The zero-order valence-electron chi connectivity index (χ0n) is 11.3. The number of nitrogens with one attached hydrogen (secondary N) is 1. The molecule has 1 atom stereocenters. The molecule has 0 aliphatic carbocycles. The van der Waals surface area contributed by atoms with E-state index >= 15 is 0 Å². The molecule has 110 valence electrons. The Morgan fingerprint density at radius 3 is 2.38 bits per heavy atom. The van der Waals surface area contributed by atoms with Gasteiger partial charge in [-0.15, -0.1) is 0 Å². The van der Waals surface area contributed by atoms with E-state index in [0.717, 1.165) is 23.8 Å². The first kappa shape index (κ1) is 15.1. The maximum Gasteiger partial charge on any atom is 0.274 e. The summed E-state index contributed by atoms with van der Waals surface area (Å²) in [6.45, 7) is 1.99. The number of nitro groups is 1. The summed E-state index contributed by atoms with van der Waals surface area (Å²) in [7, 11) is 0. The van der Waals surface area contributed by atoms with E-state index in [2.05, 4.69) is 5.32 Å². The molecule has 1 N–H and O–H groups in total. The summed E-state index contributed by atoms with van der Waals surface area (Å²) in [5, 5.41) is 14.0.